The highest BCUT2D eigenvalue weighted by atomic mass is 16.5. The Morgan fingerprint density at radius 1 is 0.875 bits per heavy atom. The molecule has 1 fully saturated rings. The number of piperazine rings is 1. The number of anilines is 2. The van der Waals surface area contributed by atoms with Crippen LogP contribution in [-0.2, 0) is 19.1 Å². The van der Waals surface area contributed by atoms with E-state index in [0.717, 1.165) is 24.7 Å². The zero-order valence-corrected chi connectivity index (χ0v) is 19.3. The Kier molecular flexibility index (Phi) is 7.22. The molecule has 4 unspecified atom stereocenters. The average molecular weight is 443 g/mol. The summed E-state index contributed by atoms with van der Waals surface area (Å²) in [6, 6.07) is 4.00. The van der Waals surface area contributed by atoms with Crippen molar-refractivity contribution in [2.24, 2.45) is 0 Å². The lowest BCUT2D eigenvalue weighted by molar-refractivity contribution is -0.147. The van der Waals surface area contributed by atoms with Crippen molar-refractivity contribution in [3.05, 3.63) is 36.2 Å². The van der Waals surface area contributed by atoms with E-state index in [-0.39, 0.29) is 24.0 Å². The first-order chi connectivity index (χ1) is 15.2. The number of aromatic nitrogens is 4. The van der Waals surface area contributed by atoms with Gasteiger partial charge in [0.05, 0.1) is 0 Å². The van der Waals surface area contributed by atoms with Crippen LogP contribution in [0.4, 0.5) is 11.6 Å². The highest BCUT2D eigenvalue weighted by molar-refractivity contribution is 5.66. The maximum atomic E-state index is 11.3. The number of nitrogens with zero attached hydrogens (tertiary/aromatic N) is 6. The van der Waals surface area contributed by atoms with Gasteiger partial charge >= 0.3 is 11.9 Å². The Labute approximate surface area is 188 Å². The number of ether oxygens (including phenoxy) is 2. The third-order valence-electron chi connectivity index (χ3n) is 5.24. The summed E-state index contributed by atoms with van der Waals surface area (Å²) in [5.74, 6) is 1.79. The molecule has 0 N–H and O–H groups in total. The van der Waals surface area contributed by atoms with E-state index in [9.17, 15) is 9.59 Å². The Morgan fingerprint density at radius 2 is 1.31 bits per heavy atom. The van der Waals surface area contributed by atoms with Crippen LogP contribution in [-0.4, -0.2) is 57.0 Å². The van der Waals surface area contributed by atoms with Crippen molar-refractivity contribution in [3.8, 4) is 0 Å². The summed E-state index contributed by atoms with van der Waals surface area (Å²) in [6.45, 7) is 12.0. The molecule has 1 saturated heterocycles. The third kappa shape index (κ3) is 5.49. The van der Waals surface area contributed by atoms with Crippen molar-refractivity contribution in [2.45, 2.75) is 65.8 Å². The molecule has 3 heterocycles. The molecule has 0 spiro atoms. The zero-order chi connectivity index (χ0) is 23.4. The van der Waals surface area contributed by atoms with Crippen LogP contribution in [0.3, 0.4) is 0 Å². The van der Waals surface area contributed by atoms with E-state index in [1.165, 1.54) is 13.8 Å². The summed E-state index contributed by atoms with van der Waals surface area (Å²) >= 11 is 0. The number of rotatable bonds is 6. The molecule has 10 nitrogen and oxygen atoms in total. The van der Waals surface area contributed by atoms with Gasteiger partial charge in [0.15, 0.2) is 23.9 Å². The molecule has 1 aliphatic heterocycles. The minimum Gasteiger partial charge on any atom is -0.455 e. The molecule has 0 bridgehead atoms. The zero-order valence-electron chi connectivity index (χ0n) is 19.3. The van der Waals surface area contributed by atoms with Crippen LogP contribution >= 0.6 is 0 Å². The van der Waals surface area contributed by atoms with E-state index in [4.69, 9.17) is 9.47 Å². The van der Waals surface area contributed by atoms with Gasteiger partial charge in [-0.15, -0.1) is 0 Å². The van der Waals surface area contributed by atoms with Crippen LogP contribution in [0.2, 0.25) is 0 Å². The molecular weight excluding hydrogens is 412 g/mol. The summed E-state index contributed by atoms with van der Waals surface area (Å²) in [7, 11) is 0. The Hall–Kier alpha value is -3.30. The number of hydrogen-bond acceptors (Lipinski definition) is 10. The number of carbonyl (C=O) groups is 2. The van der Waals surface area contributed by atoms with E-state index >= 15 is 0 Å². The van der Waals surface area contributed by atoms with Crippen molar-refractivity contribution in [3.63, 3.8) is 0 Å². The van der Waals surface area contributed by atoms with Crippen LogP contribution in [0, 0.1) is 0 Å². The Balaban J connectivity index is 1.77. The fraction of sp³-hybridized carbons (Fsp3) is 0.545. The average Bonchev–Trinajstić information content (AvgIpc) is 2.72. The molecule has 10 heteroatoms. The summed E-state index contributed by atoms with van der Waals surface area (Å²) in [4.78, 5) is 44.8. The minimum atomic E-state index is -0.516. The van der Waals surface area contributed by atoms with Crippen LogP contribution in [0.1, 0.15) is 65.4 Å². The Morgan fingerprint density at radius 3 is 1.78 bits per heavy atom. The van der Waals surface area contributed by atoms with Gasteiger partial charge in [0, 0.05) is 51.4 Å². The molecule has 1 aliphatic rings. The topological polar surface area (TPSA) is 111 Å². The second-order valence-electron chi connectivity index (χ2n) is 8.06. The first-order valence-corrected chi connectivity index (χ1v) is 10.7. The van der Waals surface area contributed by atoms with Gasteiger partial charge in [-0.1, -0.05) is 0 Å². The monoisotopic (exact) mass is 442 g/mol. The van der Waals surface area contributed by atoms with Gasteiger partial charge in [0.1, 0.15) is 11.6 Å². The van der Waals surface area contributed by atoms with Gasteiger partial charge in [0.25, 0.3) is 0 Å². The normalized spacial score (nSPS) is 20.4. The molecule has 4 atom stereocenters. The maximum Gasteiger partial charge on any atom is 0.303 e. The van der Waals surface area contributed by atoms with E-state index in [2.05, 4.69) is 43.6 Å². The van der Waals surface area contributed by atoms with Gasteiger partial charge in [-0.05, 0) is 39.8 Å². The van der Waals surface area contributed by atoms with E-state index in [0.29, 0.717) is 11.6 Å². The lowest BCUT2D eigenvalue weighted by Gasteiger charge is -2.45. The third-order valence-corrected chi connectivity index (χ3v) is 5.24. The van der Waals surface area contributed by atoms with E-state index in [1.807, 2.05) is 12.1 Å². The first-order valence-electron chi connectivity index (χ1n) is 10.7. The minimum absolute atomic E-state index is 0.134. The second-order valence-corrected chi connectivity index (χ2v) is 8.06. The molecular formula is C22H30N6O4. The van der Waals surface area contributed by atoms with Crippen LogP contribution in [0.25, 0.3) is 0 Å². The fourth-order valence-electron chi connectivity index (χ4n) is 4.00. The van der Waals surface area contributed by atoms with Gasteiger partial charge in [-0.25, -0.2) is 19.9 Å². The smallest absolute Gasteiger partial charge is 0.303 e. The van der Waals surface area contributed by atoms with Crippen LogP contribution < -0.4 is 9.80 Å². The molecule has 0 radical (unpaired) electrons. The highest BCUT2D eigenvalue weighted by Gasteiger charge is 2.32. The van der Waals surface area contributed by atoms with E-state index in [1.54, 1.807) is 26.2 Å². The molecule has 2 aromatic rings. The van der Waals surface area contributed by atoms with Gasteiger partial charge in [-0.3, -0.25) is 9.59 Å². The highest BCUT2D eigenvalue weighted by Crippen LogP contribution is 2.27. The van der Waals surface area contributed by atoms with Crippen molar-refractivity contribution < 1.29 is 19.1 Å². The summed E-state index contributed by atoms with van der Waals surface area (Å²) in [5, 5.41) is 0. The van der Waals surface area contributed by atoms with Gasteiger partial charge in [-0.2, -0.15) is 0 Å². The van der Waals surface area contributed by atoms with Gasteiger partial charge < -0.3 is 19.3 Å². The van der Waals surface area contributed by atoms with Crippen LogP contribution in [0.15, 0.2) is 24.5 Å². The van der Waals surface area contributed by atoms with Crippen molar-refractivity contribution in [2.75, 3.05) is 22.9 Å². The number of carbonyl (C=O) groups excluding carboxylic acids is 2. The molecule has 172 valence electrons. The largest absolute Gasteiger partial charge is 0.455 e. The van der Waals surface area contributed by atoms with Crippen molar-refractivity contribution in [1.82, 2.24) is 19.9 Å². The van der Waals surface area contributed by atoms with Crippen molar-refractivity contribution >= 4 is 23.6 Å². The molecule has 0 amide bonds. The number of hydrogen-bond donors (Lipinski definition) is 0. The Bertz CT molecular complexity index is 959. The second kappa shape index (κ2) is 9.88. The van der Waals surface area contributed by atoms with E-state index < -0.39 is 12.2 Å². The lowest BCUT2D eigenvalue weighted by Crippen LogP contribution is -2.57. The first kappa shape index (κ1) is 23.4. The maximum absolute atomic E-state index is 11.3. The fourth-order valence-corrected chi connectivity index (χ4v) is 4.00. The molecule has 3 rings (SSSR count). The standard InChI is InChI=1S/C22H30N6O4/c1-13-11-27(19-7-9-23-21(25-19)15(3)31-17(5)29)12-14(2)28(13)20-8-10-24-22(26-20)16(4)32-18(6)30/h7-10,13-16H,11-12H2,1-6H3. The molecule has 0 aromatic carbocycles. The summed E-state index contributed by atoms with van der Waals surface area (Å²) < 4.78 is 10.4. The molecule has 32 heavy (non-hydrogen) atoms. The quantitative estimate of drug-likeness (QED) is 0.619. The summed E-state index contributed by atoms with van der Waals surface area (Å²) in [6.07, 6.45) is 2.35. The summed E-state index contributed by atoms with van der Waals surface area (Å²) in [5.41, 5.74) is 0. The van der Waals surface area contributed by atoms with Crippen molar-refractivity contribution in [1.29, 1.82) is 0 Å². The predicted octanol–water partition coefficient (Wildman–Crippen LogP) is 2.62. The molecule has 2 aromatic heterocycles. The SMILES string of the molecule is CC(=O)OC(C)c1nccc(N2CC(C)N(c3ccnc(C(C)OC(C)=O)n3)C(C)C2)n1. The predicted molar refractivity (Wildman–Crippen MR) is 118 cm³/mol. The molecule has 0 saturated carbocycles. The van der Waals surface area contributed by atoms with Gasteiger partial charge in [0.2, 0.25) is 0 Å². The van der Waals surface area contributed by atoms with Crippen LogP contribution in [0.5, 0.6) is 0 Å². The number of esters is 2. The molecule has 0 aliphatic carbocycles. The lowest BCUT2D eigenvalue weighted by atomic mass is 10.1.